The minimum Gasteiger partial charge on any atom is -0.462 e. The molecule has 0 aliphatic carbocycles. The highest BCUT2D eigenvalue weighted by molar-refractivity contribution is 5.71. The molecule has 460 valence electrons. The largest absolute Gasteiger partial charge is 0.462 e. The Kier molecular flexibility index (Phi) is 64.7. The van der Waals surface area contributed by atoms with Gasteiger partial charge in [0.25, 0.3) is 0 Å². The lowest BCUT2D eigenvalue weighted by atomic mass is 10.0. The van der Waals surface area contributed by atoms with Crippen molar-refractivity contribution in [2.24, 2.45) is 0 Å². The summed E-state index contributed by atoms with van der Waals surface area (Å²) in [5, 5.41) is 0. The van der Waals surface area contributed by atoms with Crippen LogP contribution in [0.2, 0.25) is 0 Å². The van der Waals surface area contributed by atoms with Gasteiger partial charge >= 0.3 is 17.9 Å². The summed E-state index contributed by atoms with van der Waals surface area (Å²) in [5.74, 6) is -0.932. The molecule has 0 heterocycles. The van der Waals surface area contributed by atoms with Crippen molar-refractivity contribution in [3.63, 3.8) is 0 Å². The van der Waals surface area contributed by atoms with E-state index in [4.69, 9.17) is 14.2 Å². The van der Waals surface area contributed by atoms with E-state index in [1.807, 2.05) is 0 Å². The van der Waals surface area contributed by atoms with Crippen molar-refractivity contribution in [2.75, 3.05) is 13.2 Å². The van der Waals surface area contributed by atoms with Crippen LogP contribution in [-0.4, -0.2) is 37.2 Å². The molecular formula is C74H128O6. The fourth-order valence-corrected chi connectivity index (χ4v) is 9.78. The first-order valence-corrected chi connectivity index (χ1v) is 34.2. The predicted molar refractivity (Wildman–Crippen MR) is 348 cm³/mol. The summed E-state index contributed by atoms with van der Waals surface area (Å²) in [6, 6.07) is 0. The number of esters is 3. The average Bonchev–Trinajstić information content (AvgIpc) is 3.46. The lowest BCUT2D eigenvalue weighted by Gasteiger charge is -2.18. The van der Waals surface area contributed by atoms with Gasteiger partial charge in [0.1, 0.15) is 13.2 Å². The van der Waals surface area contributed by atoms with Crippen LogP contribution in [0.3, 0.4) is 0 Å². The Morgan fingerprint density at radius 3 is 0.775 bits per heavy atom. The van der Waals surface area contributed by atoms with Gasteiger partial charge in [-0.15, -0.1) is 0 Å². The first-order valence-electron chi connectivity index (χ1n) is 34.2. The van der Waals surface area contributed by atoms with Gasteiger partial charge in [-0.3, -0.25) is 14.4 Å². The molecule has 0 aromatic carbocycles. The lowest BCUT2D eigenvalue weighted by Crippen LogP contribution is -2.30. The summed E-state index contributed by atoms with van der Waals surface area (Å²) in [5.41, 5.74) is 0. The van der Waals surface area contributed by atoms with Crippen LogP contribution in [0.5, 0.6) is 0 Å². The van der Waals surface area contributed by atoms with Gasteiger partial charge in [-0.2, -0.15) is 0 Å². The number of rotatable bonds is 62. The third-order valence-electron chi connectivity index (χ3n) is 14.8. The fourth-order valence-electron chi connectivity index (χ4n) is 9.78. The molecular weight excluding hydrogens is 985 g/mol. The molecule has 0 spiro atoms. The molecule has 0 aliphatic rings. The van der Waals surface area contributed by atoms with E-state index >= 15 is 0 Å². The minimum absolute atomic E-state index is 0.0947. The molecule has 0 fully saturated rings. The topological polar surface area (TPSA) is 78.9 Å². The molecule has 6 heteroatoms. The molecule has 6 nitrogen and oxygen atoms in total. The highest BCUT2D eigenvalue weighted by Gasteiger charge is 2.19. The second-order valence-corrected chi connectivity index (χ2v) is 22.7. The molecule has 0 aromatic heterocycles. The molecule has 1 unspecified atom stereocenters. The Morgan fingerprint density at radius 2 is 0.487 bits per heavy atom. The fraction of sp³-hybridized carbons (Fsp3) is 0.743. The van der Waals surface area contributed by atoms with E-state index in [0.717, 1.165) is 135 Å². The Balaban J connectivity index is 4.31. The van der Waals surface area contributed by atoms with Crippen molar-refractivity contribution in [2.45, 2.75) is 341 Å². The average molecular weight is 1110 g/mol. The van der Waals surface area contributed by atoms with Gasteiger partial charge in [0.15, 0.2) is 6.10 Å². The number of carbonyl (C=O) groups excluding carboxylic acids is 3. The van der Waals surface area contributed by atoms with E-state index in [0.29, 0.717) is 12.8 Å². The summed E-state index contributed by atoms with van der Waals surface area (Å²) in [6.45, 7) is 6.41. The molecule has 0 radical (unpaired) electrons. The Morgan fingerprint density at radius 1 is 0.263 bits per heavy atom. The summed E-state index contributed by atoms with van der Waals surface area (Å²) in [6.07, 6.45) is 91.6. The van der Waals surface area contributed by atoms with Crippen LogP contribution >= 0.6 is 0 Å². The van der Waals surface area contributed by atoms with Gasteiger partial charge < -0.3 is 14.2 Å². The van der Waals surface area contributed by atoms with Crippen LogP contribution in [0.4, 0.5) is 0 Å². The van der Waals surface area contributed by atoms with Gasteiger partial charge in [-0.05, 0) is 96.3 Å². The molecule has 1 atom stereocenters. The maximum absolute atomic E-state index is 12.9. The summed E-state index contributed by atoms with van der Waals surface area (Å²) >= 11 is 0. The van der Waals surface area contributed by atoms with Crippen molar-refractivity contribution >= 4 is 17.9 Å². The summed E-state index contributed by atoms with van der Waals surface area (Å²) in [4.78, 5) is 38.4. The van der Waals surface area contributed by atoms with Gasteiger partial charge in [0, 0.05) is 19.3 Å². The van der Waals surface area contributed by atoms with Crippen LogP contribution in [0.25, 0.3) is 0 Å². The Labute approximate surface area is 496 Å². The summed E-state index contributed by atoms with van der Waals surface area (Å²) < 4.78 is 16.9. The highest BCUT2D eigenvalue weighted by atomic mass is 16.6. The smallest absolute Gasteiger partial charge is 0.306 e. The van der Waals surface area contributed by atoms with Crippen LogP contribution < -0.4 is 0 Å². The number of carbonyl (C=O) groups is 3. The predicted octanol–water partition coefficient (Wildman–Crippen LogP) is 23.6. The second-order valence-electron chi connectivity index (χ2n) is 22.7. The molecule has 0 aromatic rings. The number of unbranched alkanes of at least 4 members (excludes halogenated alkanes) is 35. The van der Waals surface area contributed by atoms with E-state index in [-0.39, 0.29) is 37.5 Å². The Hall–Kier alpha value is -3.67. The van der Waals surface area contributed by atoms with Crippen molar-refractivity contribution < 1.29 is 28.6 Å². The van der Waals surface area contributed by atoms with Crippen LogP contribution in [-0.2, 0) is 28.6 Å². The van der Waals surface area contributed by atoms with Crippen molar-refractivity contribution in [1.29, 1.82) is 0 Å². The molecule has 0 saturated carbocycles. The van der Waals surface area contributed by atoms with E-state index in [1.54, 1.807) is 0 Å². The second kappa shape index (κ2) is 67.8. The summed E-state index contributed by atoms with van der Waals surface area (Å²) in [7, 11) is 0. The molecule has 0 aliphatic heterocycles. The van der Waals surface area contributed by atoms with Crippen molar-refractivity contribution in [3.8, 4) is 0 Å². The van der Waals surface area contributed by atoms with Gasteiger partial charge in [-0.1, -0.05) is 317 Å². The van der Waals surface area contributed by atoms with Gasteiger partial charge in [0.05, 0.1) is 0 Å². The molecule has 0 N–H and O–H groups in total. The van der Waals surface area contributed by atoms with Gasteiger partial charge in [0.2, 0.25) is 0 Å². The van der Waals surface area contributed by atoms with E-state index in [9.17, 15) is 14.4 Å². The van der Waals surface area contributed by atoms with E-state index in [1.165, 1.54) is 161 Å². The van der Waals surface area contributed by atoms with Gasteiger partial charge in [-0.25, -0.2) is 0 Å². The number of ether oxygens (including phenoxy) is 3. The molecule has 0 saturated heterocycles. The van der Waals surface area contributed by atoms with Crippen LogP contribution in [0.15, 0.2) is 97.2 Å². The maximum atomic E-state index is 12.9. The molecule has 0 bridgehead atoms. The SMILES string of the molecule is CC/C=C\C/C=C\C/C=C\C/C=C\C/C=C\CCCCCC(=O)OC(COC(=O)CCCCCCC/C=C\C/C=C\C/C=C\CC)COC(=O)CCCCCCCCCCCCCCCCCCCCCCCCCCCCCC. The molecule has 80 heavy (non-hydrogen) atoms. The maximum Gasteiger partial charge on any atom is 0.306 e. The lowest BCUT2D eigenvalue weighted by molar-refractivity contribution is -0.167. The molecule has 0 rings (SSSR count). The third-order valence-corrected chi connectivity index (χ3v) is 14.8. The quantitative estimate of drug-likeness (QED) is 0.0261. The van der Waals surface area contributed by atoms with Crippen molar-refractivity contribution in [3.05, 3.63) is 97.2 Å². The first-order chi connectivity index (χ1) is 39.5. The highest BCUT2D eigenvalue weighted by Crippen LogP contribution is 2.18. The van der Waals surface area contributed by atoms with E-state index in [2.05, 4.69) is 118 Å². The number of hydrogen-bond acceptors (Lipinski definition) is 6. The monoisotopic (exact) mass is 1110 g/mol. The first kappa shape index (κ1) is 76.3. The zero-order chi connectivity index (χ0) is 57.8. The number of hydrogen-bond donors (Lipinski definition) is 0. The third kappa shape index (κ3) is 65.1. The zero-order valence-electron chi connectivity index (χ0n) is 52.8. The van der Waals surface area contributed by atoms with Crippen LogP contribution in [0, 0.1) is 0 Å². The Bertz CT molecular complexity index is 1560. The zero-order valence-corrected chi connectivity index (χ0v) is 52.8. The van der Waals surface area contributed by atoms with Crippen LogP contribution in [0.1, 0.15) is 335 Å². The number of allylic oxidation sites excluding steroid dienone is 16. The standard InChI is InChI=1S/C74H128O6/c1-4-7-10-13-16-19-22-25-28-30-32-33-34-35-36-37-38-39-40-42-43-46-49-52-55-58-61-64-67-73(76)79-70-71(69-78-72(75)66-63-60-57-54-51-48-45-27-24-21-18-15-12-9-6-3)80-74(77)68-65-62-59-56-53-50-47-44-41-31-29-26-23-20-17-14-11-8-5-2/h8-9,11-12,17-18,20-21,26-27,29,41,44-45,50,53,71H,4-7,10,13-16,19,22-25,28,30-40,42-43,46-49,51-52,54-70H2,1-3H3/b11-8-,12-9-,20-17-,21-18-,29-26-,44-41-,45-27-,53-50-. The molecule has 0 amide bonds. The minimum atomic E-state index is -0.804. The van der Waals surface area contributed by atoms with E-state index < -0.39 is 6.10 Å². The normalized spacial score (nSPS) is 12.7. The van der Waals surface area contributed by atoms with Crippen molar-refractivity contribution in [1.82, 2.24) is 0 Å².